The average molecular weight is 336 g/mol. The Labute approximate surface area is 141 Å². The number of benzene rings is 1. The van der Waals surface area contributed by atoms with E-state index in [0.717, 1.165) is 57.1 Å². The zero-order valence-corrected chi connectivity index (χ0v) is 14.4. The maximum atomic E-state index is 12.3. The Morgan fingerprint density at radius 1 is 1.26 bits per heavy atom. The van der Waals surface area contributed by atoms with E-state index in [1.165, 1.54) is 0 Å². The molecule has 0 saturated carbocycles. The normalized spacial score (nSPS) is 22.6. The summed E-state index contributed by atoms with van der Waals surface area (Å²) in [5.41, 5.74) is 1.09. The number of methoxy groups -OCH3 is 1. The zero-order chi connectivity index (χ0) is 16.1. The molecule has 2 saturated heterocycles. The summed E-state index contributed by atoms with van der Waals surface area (Å²) in [6.45, 7) is 5.46. The summed E-state index contributed by atoms with van der Waals surface area (Å²) in [5, 5.41) is 0.0725. The highest BCUT2D eigenvalue weighted by Crippen LogP contribution is 2.42. The average Bonchev–Trinajstić information content (AvgIpc) is 2.96. The van der Waals surface area contributed by atoms with E-state index in [1.807, 2.05) is 23.1 Å². The molecule has 1 unspecified atom stereocenters. The second kappa shape index (κ2) is 8.04. The molecule has 126 valence electrons. The second-order valence-electron chi connectivity index (χ2n) is 5.80. The molecule has 2 fully saturated rings. The van der Waals surface area contributed by atoms with Crippen molar-refractivity contribution in [3.05, 3.63) is 29.8 Å². The molecular weight excluding hydrogens is 312 g/mol. The van der Waals surface area contributed by atoms with Gasteiger partial charge in [0.2, 0.25) is 5.91 Å². The molecule has 0 N–H and O–H groups in total. The third kappa shape index (κ3) is 4.00. The van der Waals surface area contributed by atoms with Gasteiger partial charge in [0.05, 0.1) is 26.1 Å². The van der Waals surface area contributed by atoms with E-state index in [4.69, 9.17) is 9.47 Å². The highest BCUT2D eigenvalue weighted by atomic mass is 32.2. The lowest BCUT2D eigenvalue weighted by molar-refractivity contribution is -0.128. The lowest BCUT2D eigenvalue weighted by Crippen LogP contribution is -2.38. The van der Waals surface area contributed by atoms with Gasteiger partial charge in [0.1, 0.15) is 11.1 Å². The molecular formula is C17H24N2O3S. The van der Waals surface area contributed by atoms with Crippen molar-refractivity contribution < 1.29 is 14.3 Å². The van der Waals surface area contributed by atoms with Crippen LogP contribution in [0.3, 0.4) is 0 Å². The van der Waals surface area contributed by atoms with Gasteiger partial charge in [-0.1, -0.05) is 18.2 Å². The van der Waals surface area contributed by atoms with E-state index in [9.17, 15) is 4.79 Å². The molecule has 0 aliphatic carbocycles. The fourth-order valence-corrected chi connectivity index (χ4v) is 4.36. The highest BCUT2D eigenvalue weighted by Gasteiger charge is 2.34. The summed E-state index contributed by atoms with van der Waals surface area (Å²) in [6, 6.07) is 7.99. The lowest BCUT2D eigenvalue weighted by atomic mass is 10.1. The molecule has 6 heteroatoms. The van der Waals surface area contributed by atoms with Crippen molar-refractivity contribution >= 4 is 17.7 Å². The van der Waals surface area contributed by atoms with Crippen LogP contribution in [-0.4, -0.2) is 68.0 Å². The van der Waals surface area contributed by atoms with Crippen LogP contribution in [0.15, 0.2) is 24.3 Å². The summed E-state index contributed by atoms with van der Waals surface area (Å²) in [5.74, 6) is 1.64. The number of amides is 1. The van der Waals surface area contributed by atoms with Crippen molar-refractivity contribution in [3.63, 3.8) is 0 Å². The van der Waals surface area contributed by atoms with Crippen molar-refractivity contribution in [1.29, 1.82) is 0 Å². The van der Waals surface area contributed by atoms with Gasteiger partial charge in [-0.2, -0.15) is 0 Å². The first-order valence-corrected chi connectivity index (χ1v) is 9.18. The molecule has 2 heterocycles. The number of hydrogen-bond donors (Lipinski definition) is 0. The van der Waals surface area contributed by atoms with Crippen molar-refractivity contribution in [1.82, 2.24) is 9.80 Å². The number of morpholine rings is 1. The van der Waals surface area contributed by atoms with Gasteiger partial charge in [0, 0.05) is 31.7 Å². The molecule has 1 aromatic rings. The van der Waals surface area contributed by atoms with Crippen LogP contribution in [0.25, 0.3) is 0 Å². The number of carbonyl (C=O) groups excluding carboxylic acids is 1. The Bertz CT molecular complexity index is 534. The number of ether oxygens (including phenoxy) is 2. The molecule has 2 aliphatic rings. The number of para-hydroxylation sites is 1. The van der Waals surface area contributed by atoms with Gasteiger partial charge in [-0.3, -0.25) is 9.69 Å². The Morgan fingerprint density at radius 2 is 2.04 bits per heavy atom. The first kappa shape index (κ1) is 16.6. The van der Waals surface area contributed by atoms with E-state index in [2.05, 4.69) is 11.0 Å². The Kier molecular flexibility index (Phi) is 5.80. The van der Waals surface area contributed by atoms with Gasteiger partial charge < -0.3 is 14.4 Å². The largest absolute Gasteiger partial charge is 0.496 e. The maximum Gasteiger partial charge on any atom is 0.233 e. The SMILES string of the molecule is COc1ccccc1C1SCC(=O)N1CCCN1CCOCC1. The van der Waals surface area contributed by atoms with Crippen LogP contribution in [-0.2, 0) is 9.53 Å². The van der Waals surface area contributed by atoms with Gasteiger partial charge in [0.15, 0.2) is 0 Å². The summed E-state index contributed by atoms with van der Waals surface area (Å²) < 4.78 is 10.8. The molecule has 0 spiro atoms. The number of carbonyl (C=O) groups is 1. The van der Waals surface area contributed by atoms with E-state index >= 15 is 0 Å². The van der Waals surface area contributed by atoms with Crippen LogP contribution in [0.5, 0.6) is 5.75 Å². The quantitative estimate of drug-likeness (QED) is 0.795. The molecule has 0 aromatic heterocycles. The van der Waals surface area contributed by atoms with Crippen LogP contribution in [0, 0.1) is 0 Å². The lowest BCUT2D eigenvalue weighted by Gasteiger charge is -2.29. The molecule has 23 heavy (non-hydrogen) atoms. The maximum absolute atomic E-state index is 12.3. The standard InChI is InChI=1S/C17H24N2O3S/c1-21-15-6-3-2-5-14(15)17-19(16(20)13-23-17)8-4-7-18-9-11-22-12-10-18/h2-3,5-6,17H,4,7-13H2,1H3. The minimum Gasteiger partial charge on any atom is -0.496 e. The fourth-order valence-electron chi connectivity index (χ4n) is 3.11. The van der Waals surface area contributed by atoms with E-state index < -0.39 is 0 Å². The predicted octanol–water partition coefficient (Wildman–Crippen LogP) is 1.99. The fraction of sp³-hybridized carbons (Fsp3) is 0.588. The van der Waals surface area contributed by atoms with E-state index in [-0.39, 0.29) is 11.3 Å². The van der Waals surface area contributed by atoms with Gasteiger partial charge in [-0.05, 0) is 12.5 Å². The minimum absolute atomic E-state index is 0.0725. The Hall–Kier alpha value is -1.24. The molecule has 1 atom stereocenters. The summed E-state index contributed by atoms with van der Waals surface area (Å²) >= 11 is 1.69. The van der Waals surface area contributed by atoms with Gasteiger partial charge >= 0.3 is 0 Å². The van der Waals surface area contributed by atoms with Crippen LogP contribution in [0.1, 0.15) is 17.4 Å². The monoisotopic (exact) mass is 336 g/mol. The molecule has 0 radical (unpaired) electrons. The number of hydrogen-bond acceptors (Lipinski definition) is 5. The Morgan fingerprint density at radius 3 is 2.83 bits per heavy atom. The molecule has 0 bridgehead atoms. The predicted molar refractivity (Wildman–Crippen MR) is 91.8 cm³/mol. The minimum atomic E-state index is 0.0725. The third-order valence-corrected chi connectivity index (χ3v) is 5.59. The highest BCUT2D eigenvalue weighted by molar-refractivity contribution is 8.00. The first-order valence-electron chi connectivity index (χ1n) is 8.13. The molecule has 5 nitrogen and oxygen atoms in total. The van der Waals surface area contributed by atoms with E-state index in [0.29, 0.717) is 5.75 Å². The van der Waals surface area contributed by atoms with Crippen LogP contribution < -0.4 is 4.74 Å². The van der Waals surface area contributed by atoms with Crippen molar-refractivity contribution in [2.45, 2.75) is 11.8 Å². The number of thioether (sulfide) groups is 1. The van der Waals surface area contributed by atoms with Gasteiger partial charge in [0.25, 0.3) is 0 Å². The molecule has 1 aromatic carbocycles. The van der Waals surface area contributed by atoms with Crippen molar-refractivity contribution in [2.75, 3.05) is 52.3 Å². The molecule has 2 aliphatic heterocycles. The smallest absolute Gasteiger partial charge is 0.233 e. The van der Waals surface area contributed by atoms with Gasteiger partial charge in [-0.15, -0.1) is 11.8 Å². The molecule has 3 rings (SSSR count). The number of rotatable bonds is 6. The van der Waals surface area contributed by atoms with Crippen LogP contribution in [0.2, 0.25) is 0 Å². The summed E-state index contributed by atoms with van der Waals surface area (Å²) in [4.78, 5) is 16.7. The number of nitrogens with zero attached hydrogens (tertiary/aromatic N) is 2. The Balaban J connectivity index is 1.60. The molecule has 1 amide bonds. The van der Waals surface area contributed by atoms with Crippen molar-refractivity contribution in [2.24, 2.45) is 0 Å². The second-order valence-corrected chi connectivity index (χ2v) is 6.87. The van der Waals surface area contributed by atoms with Gasteiger partial charge in [-0.25, -0.2) is 0 Å². The summed E-state index contributed by atoms with van der Waals surface area (Å²) in [6.07, 6.45) is 0.998. The summed E-state index contributed by atoms with van der Waals surface area (Å²) in [7, 11) is 1.68. The van der Waals surface area contributed by atoms with Crippen LogP contribution in [0.4, 0.5) is 0 Å². The zero-order valence-electron chi connectivity index (χ0n) is 13.6. The third-order valence-electron chi connectivity index (χ3n) is 4.35. The first-order chi connectivity index (χ1) is 11.3. The van der Waals surface area contributed by atoms with Crippen molar-refractivity contribution in [3.8, 4) is 5.75 Å². The topological polar surface area (TPSA) is 42.0 Å². The van der Waals surface area contributed by atoms with E-state index in [1.54, 1.807) is 18.9 Å². The van der Waals surface area contributed by atoms with Crippen LogP contribution >= 0.6 is 11.8 Å².